The minimum Gasteiger partial charge on any atom is -0.353 e. The maximum absolute atomic E-state index is 10.8. The number of nitrogens with one attached hydrogen (secondary N) is 1. The molecule has 1 N–H and O–H groups in total. The molecule has 0 bridgehead atoms. The second kappa shape index (κ2) is 6.24. The Balaban J connectivity index is 4.02. The van der Waals surface area contributed by atoms with Crippen molar-refractivity contribution in [2.45, 2.75) is 39.2 Å². The molecule has 0 fully saturated rings. The van der Waals surface area contributed by atoms with Crippen LogP contribution in [0.2, 0.25) is 0 Å². The van der Waals surface area contributed by atoms with Gasteiger partial charge in [-0.2, -0.15) is 5.26 Å². The maximum atomic E-state index is 10.8. The van der Waals surface area contributed by atoms with Gasteiger partial charge in [-0.1, -0.05) is 19.9 Å². The van der Waals surface area contributed by atoms with Crippen molar-refractivity contribution in [2.75, 3.05) is 0 Å². The smallest absolute Gasteiger partial charge is 0.217 e. The van der Waals surface area contributed by atoms with E-state index in [1.165, 1.54) is 6.92 Å². The molecular weight excluding hydrogens is 164 g/mol. The molecule has 0 rings (SSSR count). The minimum absolute atomic E-state index is 0.0517. The van der Waals surface area contributed by atoms with Gasteiger partial charge in [0.15, 0.2) is 0 Å². The summed E-state index contributed by atoms with van der Waals surface area (Å²) in [7, 11) is 0. The summed E-state index contributed by atoms with van der Waals surface area (Å²) in [6.45, 7) is 7.12. The van der Waals surface area contributed by atoms with Gasteiger partial charge in [-0.05, 0) is 6.42 Å². The molecule has 0 aliphatic carbocycles. The molecule has 1 unspecified atom stereocenters. The third-order valence-corrected chi connectivity index (χ3v) is 1.70. The Bertz CT molecular complexity index is 228. The van der Waals surface area contributed by atoms with E-state index in [2.05, 4.69) is 11.9 Å². The third-order valence-electron chi connectivity index (χ3n) is 1.70. The lowest BCUT2D eigenvalue weighted by atomic mass is 10.0. The van der Waals surface area contributed by atoms with Gasteiger partial charge in [-0.25, -0.2) is 0 Å². The highest BCUT2D eigenvalue weighted by molar-refractivity contribution is 5.73. The number of hydrogen-bond acceptors (Lipinski definition) is 2. The Kier molecular flexibility index (Phi) is 5.62. The molecular formula is C10H16N2O. The van der Waals surface area contributed by atoms with E-state index in [9.17, 15) is 4.79 Å². The van der Waals surface area contributed by atoms with E-state index < -0.39 is 0 Å². The van der Waals surface area contributed by atoms with E-state index in [0.717, 1.165) is 12.8 Å². The molecule has 0 saturated carbocycles. The second-order valence-electron chi connectivity index (χ2n) is 3.11. The number of nitriles is 1. The molecule has 0 spiro atoms. The van der Waals surface area contributed by atoms with Crippen molar-refractivity contribution < 1.29 is 4.79 Å². The normalized spacial score (nSPS) is 11.5. The Hall–Kier alpha value is -1.30. The molecule has 0 radical (unpaired) electrons. The van der Waals surface area contributed by atoms with Crippen LogP contribution in [0.3, 0.4) is 0 Å². The minimum atomic E-state index is -0.0517. The summed E-state index contributed by atoms with van der Waals surface area (Å²) in [4.78, 5) is 10.8. The number of carbonyl (C=O) groups excluding carboxylic acids is 1. The van der Waals surface area contributed by atoms with Gasteiger partial charge in [0.2, 0.25) is 5.91 Å². The first-order valence-corrected chi connectivity index (χ1v) is 4.45. The molecule has 0 aromatic rings. The van der Waals surface area contributed by atoms with E-state index in [1.807, 2.05) is 13.0 Å². The van der Waals surface area contributed by atoms with Crippen LogP contribution >= 0.6 is 0 Å². The number of hydrogen-bond donors (Lipinski definition) is 1. The van der Waals surface area contributed by atoms with E-state index in [-0.39, 0.29) is 11.9 Å². The highest BCUT2D eigenvalue weighted by Crippen LogP contribution is 2.07. The number of nitrogens with zero attached hydrogens (tertiary/aromatic N) is 1. The van der Waals surface area contributed by atoms with Crippen molar-refractivity contribution >= 4 is 5.91 Å². The van der Waals surface area contributed by atoms with Gasteiger partial charge in [0.05, 0.1) is 6.07 Å². The largest absolute Gasteiger partial charge is 0.353 e. The van der Waals surface area contributed by atoms with Crippen molar-refractivity contribution in [3.8, 4) is 6.07 Å². The van der Waals surface area contributed by atoms with Crippen LogP contribution in [-0.4, -0.2) is 11.9 Å². The highest BCUT2D eigenvalue weighted by Gasteiger charge is 2.09. The van der Waals surface area contributed by atoms with Gasteiger partial charge < -0.3 is 5.32 Å². The molecule has 0 aromatic carbocycles. The standard InChI is InChI=1S/C10H16N2O/c1-4-5-10(12-9(3)13)6-8(2)7-11/h10H,2,4-6H2,1,3H3,(H,12,13). The Morgan fingerprint density at radius 2 is 2.31 bits per heavy atom. The molecule has 13 heavy (non-hydrogen) atoms. The van der Waals surface area contributed by atoms with Gasteiger partial charge in [0.1, 0.15) is 0 Å². The van der Waals surface area contributed by atoms with Crippen LogP contribution in [0.4, 0.5) is 0 Å². The number of carbonyl (C=O) groups is 1. The number of rotatable bonds is 5. The Morgan fingerprint density at radius 1 is 1.69 bits per heavy atom. The Morgan fingerprint density at radius 3 is 2.69 bits per heavy atom. The molecule has 0 saturated heterocycles. The van der Waals surface area contributed by atoms with Crippen LogP contribution in [0.1, 0.15) is 33.1 Å². The van der Waals surface area contributed by atoms with Crippen LogP contribution in [0.15, 0.2) is 12.2 Å². The molecule has 1 amide bonds. The molecule has 3 heteroatoms. The fourth-order valence-corrected chi connectivity index (χ4v) is 1.20. The van der Waals surface area contributed by atoms with Gasteiger partial charge in [0, 0.05) is 25.0 Å². The summed E-state index contributed by atoms with van der Waals surface area (Å²) < 4.78 is 0. The zero-order chi connectivity index (χ0) is 10.3. The van der Waals surface area contributed by atoms with Crippen LogP contribution < -0.4 is 5.32 Å². The second-order valence-corrected chi connectivity index (χ2v) is 3.11. The lowest BCUT2D eigenvalue weighted by Crippen LogP contribution is -2.33. The zero-order valence-electron chi connectivity index (χ0n) is 8.26. The van der Waals surface area contributed by atoms with Crippen molar-refractivity contribution in [2.24, 2.45) is 0 Å². The summed E-state index contributed by atoms with van der Waals surface area (Å²) in [5, 5.41) is 11.3. The average Bonchev–Trinajstić information content (AvgIpc) is 2.03. The average molecular weight is 180 g/mol. The van der Waals surface area contributed by atoms with Gasteiger partial charge in [0.25, 0.3) is 0 Å². The summed E-state index contributed by atoms with van der Waals surface area (Å²) in [6, 6.07) is 2.05. The van der Waals surface area contributed by atoms with E-state index in [0.29, 0.717) is 12.0 Å². The quantitative estimate of drug-likeness (QED) is 0.655. The summed E-state index contributed by atoms with van der Waals surface area (Å²) in [6.07, 6.45) is 2.44. The van der Waals surface area contributed by atoms with Crippen molar-refractivity contribution in [3.63, 3.8) is 0 Å². The first-order chi connectivity index (χ1) is 6.10. The summed E-state index contributed by atoms with van der Waals surface area (Å²) in [5.74, 6) is -0.0517. The SMILES string of the molecule is C=C(C#N)CC(CCC)NC(C)=O. The maximum Gasteiger partial charge on any atom is 0.217 e. The predicted octanol–water partition coefficient (Wildman–Crippen LogP) is 1.76. The lowest BCUT2D eigenvalue weighted by molar-refractivity contribution is -0.119. The van der Waals surface area contributed by atoms with E-state index >= 15 is 0 Å². The molecule has 1 atom stereocenters. The fraction of sp³-hybridized carbons (Fsp3) is 0.600. The van der Waals surface area contributed by atoms with Crippen molar-refractivity contribution in [1.29, 1.82) is 5.26 Å². The van der Waals surface area contributed by atoms with Crippen molar-refractivity contribution in [3.05, 3.63) is 12.2 Å². The van der Waals surface area contributed by atoms with Crippen LogP contribution in [0.25, 0.3) is 0 Å². The van der Waals surface area contributed by atoms with E-state index in [4.69, 9.17) is 5.26 Å². The molecule has 0 aliphatic heterocycles. The van der Waals surface area contributed by atoms with Gasteiger partial charge >= 0.3 is 0 Å². The van der Waals surface area contributed by atoms with Crippen LogP contribution in [0, 0.1) is 11.3 Å². The molecule has 3 nitrogen and oxygen atoms in total. The fourth-order valence-electron chi connectivity index (χ4n) is 1.20. The Labute approximate surface area is 79.4 Å². The third kappa shape index (κ3) is 5.92. The first kappa shape index (κ1) is 11.7. The lowest BCUT2D eigenvalue weighted by Gasteiger charge is -2.15. The van der Waals surface area contributed by atoms with Crippen LogP contribution in [-0.2, 0) is 4.79 Å². The molecule has 0 heterocycles. The number of amides is 1. The van der Waals surface area contributed by atoms with E-state index in [1.54, 1.807) is 0 Å². The molecule has 0 aromatic heterocycles. The first-order valence-electron chi connectivity index (χ1n) is 4.45. The summed E-state index contributed by atoms with van der Waals surface area (Å²) in [5.41, 5.74) is 0.521. The van der Waals surface area contributed by atoms with Crippen molar-refractivity contribution in [1.82, 2.24) is 5.32 Å². The monoisotopic (exact) mass is 180 g/mol. The highest BCUT2D eigenvalue weighted by atomic mass is 16.1. The van der Waals surface area contributed by atoms with Gasteiger partial charge in [-0.15, -0.1) is 0 Å². The molecule has 0 aliphatic rings. The van der Waals surface area contributed by atoms with Crippen LogP contribution in [0.5, 0.6) is 0 Å². The molecule has 72 valence electrons. The predicted molar refractivity (Wildman–Crippen MR) is 51.9 cm³/mol. The topological polar surface area (TPSA) is 52.9 Å². The van der Waals surface area contributed by atoms with Gasteiger partial charge in [-0.3, -0.25) is 4.79 Å². The zero-order valence-corrected chi connectivity index (χ0v) is 8.26. The summed E-state index contributed by atoms with van der Waals surface area (Å²) >= 11 is 0.